The average molecular weight is 779 g/mol. The van der Waals surface area contributed by atoms with Crippen LogP contribution in [-0.2, 0) is 0 Å². The molecule has 4 heterocycles. The van der Waals surface area contributed by atoms with Gasteiger partial charge in [0.1, 0.15) is 11.2 Å². The van der Waals surface area contributed by atoms with Crippen LogP contribution in [-0.4, -0.2) is 19.1 Å². The van der Waals surface area contributed by atoms with Gasteiger partial charge in [0.15, 0.2) is 5.82 Å². The van der Waals surface area contributed by atoms with Crippen molar-refractivity contribution >= 4 is 76.5 Å². The molecule has 0 amide bonds. The second kappa shape index (κ2) is 13.1. The minimum Gasteiger partial charge on any atom is -0.456 e. The number of hydrogen-bond donors (Lipinski definition) is 0. The molecular weight excluding hydrogens is 745 g/mol. The van der Waals surface area contributed by atoms with Gasteiger partial charge in [0.05, 0.1) is 33.3 Å². The number of nitrogens with zero attached hydrogens (tertiary/aromatic N) is 4. The van der Waals surface area contributed by atoms with Crippen LogP contribution in [0.1, 0.15) is 0 Å². The van der Waals surface area contributed by atoms with Crippen molar-refractivity contribution in [1.82, 2.24) is 19.1 Å². The number of benzene rings is 9. The first kappa shape index (κ1) is 33.7. The fraction of sp³-hybridized carbons (Fsp3) is 0. The average Bonchev–Trinajstić information content (AvgIpc) is 3.99. The molecule has 0 radical (unpaired) electrons. The van der Waals surface area contributed by atoms with Gasteiger partial charge in [-0.3, -0.25) is 0 Å². The Morgan fingerprint density at radius 2 is 0.951 bits per heavy atom. The molecule has 0 N–H and O–H groups in total. The number of para-hydroxylation sites is 4. The molecule has 284 valence electrons. The summed E-state index contributed by atoms with van der Waals surface area (Å²) in [5, 5.41) is 7.92. The largest absolute Gasteiger partial charge is 0.456 e. The van der Waals surface area contributed by atoms with E-state index in [9.17, 15) is 0 Å². The van der Waals surface area contributed by atoms with Crippen LogP contribution in [0.25, 0.3) is 122 Å². The molecular formula is C56H34N4O. The first-order chi connectivity index (χ1) is 30.3. The first-order valence-corrected chi connectivity index (χ1v) is 20.7. The highest BCUT2D eigenvalue weighted by molar-refractivity contribution is 6.24. The van der Waals surface area contributed by atoms with Crippen molar-refractivity contribution in [2.24, 2.45) is 0 Å². The zero-order valence-electron chi connectivity index (χ0n) is 32.8. The van der Waals surface area contributed by atoms with Crippen LogP contribution in [0, 0.1) is 0 Å². The Hall–Kier alpha value is -8.28. The van der Waals surface area contributed by atoms with Gasteiger partial charge >= 0.3 is 0 Å². The summed E-state index contributed by atoms with van der Waals surface area (Å²) < 4.78 is 11.4. The molecule has 13 rings (SSSR count). The second-order valence-electron chi connectivity index (χ2n) is 15.7. The van der Waals surface area contributed by atoms with E-state index in [0.29, 0.717) is 5.82 Å². The smallest absolute Gasteiger partial charge is 0.161 e. The molecule has 0 spiro atoms. The Morgan fingerprint density at radius 1 is 0.361 bits per heavy atom. The van der Waals surface area contributed by atoms with Gasteiger partial charge in [-0.2, -0.15) is 0 Å². The SMILES string of the molecule is c1ccc(-c2nc(-c3cccc4oc5ccc(-c6ccc7c(c6)c6ccc8c9ccccc9n(-c9ccccc9)c8c6n7-c6ccccc6)cc5c34)nc3ccccc23)cc1. The fourth-order valence-corrected chi connectivity index (χ4v) is 9.63. The molecule has 5 heteroatoms. The number of hydrogen-bond acceptors (Lipinski definition) is 3. The Balaban J connectivity index is 1.05. The third-order valence-corrected chi connectivity index (χ3v) is 12.3. The van der Waals surface area contributed by atoms with E-state index in [1.807, 2.05) is 30.3 Å². The minimum atomic E-state index is 0.672. The van der Waals surface area contributed by atoms with Crippen molar-refractivity contribution in [1.29, 1.82) is 0 Å². The van der Waals surface area contributed by atoms with Gasteiger partial charge in [0, 0.05) is 60.2 Å². The lowest BCUT2D eigenvalue weighted by atomic mass is 9.98. The van der Waals surface area contributed by atoms with Gasteiger partial charge in [-0.05, 0) is 77.9 Å². The summed E-state index contributed by atoms with van der Waals surface area (Å²) in [5.74, 6) is 0.672. The highest BCUT2D eigenvalue weighted by Gasteiger charge is 2.22. The molecule has 13 aromatic rings. The molecule has 0 aliphatic heterocycles. The summed E-state index contributed by atoms with van der Waals surface area (Å²) >= 11 is 0. The van der Waals surface area contributed by atoms with Crippen LogP contribution in [0.4, 0.5) is 0 Å². The maximum absolute atomic E-state index is 6.54. The monoisotopic (exact) mass is 778 g/mol. The number of fused-ring (bicyclic) bond motifs is 11. The van der Waals surface area contributed by atoms with Crippen molar-refractivity contribution in [2.75, 3.05) is 0 Å². The third-order valence-electron chi connectivity index (χ3n) is 12.3. The van der Waals surface area contributed by atoms with Crippen LogP contribution in [0.15, 0.2) is 211 Å². The van der Waals surface area contributed by atoms with Crippen LogP contribution in [0.3, 0.4) is 0 Å². The summed E-state index contributed by atoms with van der Waals surface area (Å²) in [6.07, 6.45) is 0. The summed E-state index contributed by atoms with van der Waals surface area (Å²) in [6.45, 7) is 0. The van der Waals surface area contributed by atoms with E-state index in [1.165, 1.54) is 38.1 Å². The topological polar surface area (TPSA) is 48.8 Å². The summed E-state index contributed by atoms with van der Waals surface area (Å²) in [7, 11) is 0. The molecule has 0 aliphatic rings. The summed E-state index contributed by atoms with van der Waals surface area (Å²) in [4.78, 5) is 10.4. The maximum Gasteiger partial charge on any atom is 0.161 e. The van der Waals surface area contributed by atoms with E-state index in [-0.39, 0.29) is 0 Å². The lowest BCUT2D eigenvalue weighted by molar-refractivity contribution is 0.669. The van der Waals surface area contributed by atoms with E-state index in [4.69, 9.17) is 14.4 Å². The molecule has 0 atom stereocenters. The zero-order valence-corrected chi connectivity index (χ0v) is 32.8. The van der Waals surface area contributed by atoms with Gasteiger partial charge in [-0.15, -0.1) is 0 Å². The molecule has 0 saturated carbocycles. The molecule has 61 heavy (non-hydrogen) atoms. The van der Waals surface area contributed by atoms with Crippen LogP contribution >= 0.6 is 0 Å². The highest BCUT2D eigenvalue weighted by atomic mass is 16.3. The second-order valence-corrected chi connectivity index (χ2v) is 15.7. The Labute approximate surface area is 350 Å². The molecule has 4 aromatic heterocycles. The van der Waals surface area contributed by atoms with Crippen molar-refractivity contribution in [2.45, 2.75) is 0 Å². The third kappa shape index (κ3) is 5.08. The predicted molar refractivity (Wildman–Crippen MR) is 252 cm³/mol. The quantitative estimate of drug-likeness (QED) is 0.175. The van der Waals surface area contributed by atoms with E-state index < -0.39 is 0 Å². The highest BCUT2D eigenvalue weighted by Crippen LogP contribution is 2.44. The Kier molecular flexibility index (Phi) is 7.24. The standard InChI is InChI=1S/C56H34N4O/c1-4-15-35(16-5-1)53-43-22-10-12-24-47(43)57-56(58-53)44-23-14-26-51-52(44)46-34-37(28-32-50(46)61-51)36-27-31-49-45(33-36)42-30-29-41-40-21-11-13-25-48(40)59(38-17-6-2-7-18-38)54(41)55(42)60(49)39-19-8-3-9-20-39/h1-34H. The van der Waals surface area contributed by atoms with Gasteiger partial charge in [0.25, 0.3) is 0 Å². The lowest BCUT2D eigenvalue weighted by Crippen LogP contribution is -1.98. The van der Waals surface area contributed by atoms with Crippen molar-refractivity contribution in [3.63, 3.8) is 0 Å². The Bertz CT molecular complexity index is 3860. The van der Waals surface area contributed by atoms with Crippen molar-refractivity contribution < 1.29 is 4.42 Å². The van der Waals surface area contributed by atoms with Crippen molar-refractivity contribution in [3.8, 4) is 45.1 Å². The van der Waals surface area contributed by atoms with Gasteiger partial charge in [-0.25, -0.2) is 9.97 Å². The van der Waals surface area contributed by atoms with E-state index in [2.05, 4.69) is 185 Å². The minimum absolute atomic E-state index is 0.672. The molecule has 0 fully saturated rings. The molecule has 0 aliphatic carbocycles. The predicted octanol–water partition coefficient (Wildman–Crippen LogP) is 14.7. The molecule has 0 unspecified atom stereocenters. The molecule has 5 nitrogen and oxygen atoms in total. The van der Waals surface area contributed by atoms with E-state index in [0.717, 1.165) is 77.7 Å². The van der Waals surface area contributed by atoms with Gasteiger partial charge < -0.3 is 13.6 Å². The lowest BCUT2D eigenvalue weighted by Gasteiger charge is -2.12. The zero-order chi connectivity index (χ0) is 40.0. The van der Waals surface area contributed by atoms with E-state index >= 15 is 0 Å². The maximum atomic E-state index is 6.54. The van der Waals surface area contributed by atoms with Gasteiger partial charge in [0.2, 0.25) is 0 Å². The number of rotatable bonds is 5. The van der Waals surface area contributed by atoms with Crippen LogP contribution < -0.4 is 0 Å². The van der Waals surface area contributed by atoms with Crippen LogP contribution in [0.2, 0.25) is 0 Å². The van der Waals surface area contributed by atoms with Crippen molar-refractivity contribution in [3.05, 3.63) is 206 Å². The first-order valence-electron chi connectivity index (χ1n) is 20.7. The van der Waals surface area contributed by atoms with Gasteiger partial charge in [-0.1, -0.05) is 140 Å². The molecule has 0 bridgehead atoms. The number of aromatic nitrogens is 4. The summed E-state index contributed by atoms with van der Waals surface area (Å²) in [5.41, 5.74) is 14.7. The Morgan fingerprint density at radius 3 is 1.69 bits per heavy atom. The van der Waals surface area contributed by atoms with Crippen LogP contribution in [0.5, 0.6) is 0 Å². The number of furan rings is 1. The summed E-state index contributed by atoms with van der Waals surface area (Å²) in [6, 6.07) is 73.1. The normalized spacial score (nSPS) is 11.9. The fourth-order valence-electron chi connectivity index (χ4n) is 9.63. The molecule has 0 saturated heterocycles. The van der Waals surface area contributed by atoms with E-state index in [1.54, 1.807) is 0 Å². The molecule has 9 aromatic carbocycles.